The minimum Gasteiger partial charge on any atom is -0.397 e. The fraction of sp³-hybridized carbons (Fsp3) is 0.444. The molecule has 3 aliphatic rings. The van der Waals surface area contributed by atoms with Gasteiger partial charge in [-0.1, -0.05) is 10.2 Å². The van der Waals surface area contributed by atoms with E-state index in [1.807, 2.05) is 12.1 Å². The Morgan fingerprint density at radius 2 is 1.93 bits per heavy atom. The van der Waals surface area contributed by atoms with Crippen molar-refractivity contribution in [3.05, 3.63) is 29.8 Å². The minimum absolute atomic E-state index is 0.0314. The monoisotopic (exact) mass is 387 g/mol. The van der Waals surface area contributed by atoms with E-state index in [1.165, 1.54) is 31.5 Å². The third-order valence-corrected chi connectivity index (χ3v) is 5.83. The average Bonchev–Trinajstić information content (AvgIpc) is 3.09. The number of aromatic nitrogens is 2. The molecule has 27 heavy (non-hydrogen) atoms. The third-order valence-electron chi connectivity index (χ3n) is 4.98. The van der Waals surface area contributed by atoms with Crippen LogP contribution in [0, 0.1) is 5.92 Å². The summed E-state index contributed by atoms with van der Waals surface area (Å²) in [6.07, 6.45) is 2.34. The molecule has 4 heterocycles. The van der Waals surface area contributed by atoms with E-state index in [4.69, 9.17) is 4.42 Å². The molecule has 0 unspecified atom stereocenters. The van der Waals surface area contributed by atoms with Crippen molar-refractivity contribution < 1.29 is 14.0 Å². The van der Waals surface area contributed by atoms with Crippen LogP contribution >= 0.6 is 11.8 Å². The van der Waals surface area contributed by atoms with Crippen LogP contribution in [0.4, 0.5) is 6.01 Å². The van der Waals surface area contributed by atoms with Crippen LogP contribution in [0.2, 0.25) is 0 Å². The highest BCUT2D eigenvalue weighted by Crippen LogP contribution is 2.29. The van der Waals surface area contributed by atoms with E-state index < -0.39 is 0 Å². The quantitative estimate of drug-likeness (QED) is 0.809. The molecule has 2 amide bonds. The van der Waals surface area contributed by atoms with E-state index in [-0.39, 0.29) is 23.9 Å². The van der Waals surface area contributed by atoms with Crippen LogP contribution in [0.15, 0.2) is 38.8 Å². The van der Waals surface area contributed by atoms with Crippen LogP contribution in [0.3, 0.4) is 0 Å². The highest BCUT2D eigenvalue weighted by atomic mass is 32.2. The predicted octanol–water partition coefficient (Wildman–Crippen LogP) is 2.00. The van der Waals surface area contributed by atoms with Gasteiger partial charge in [0.15, 0.2) is 0 Å². The number of carbonyl (C=O) groups excluding carboxylic acids is 2. The van der Waals surface area contributed by atoms with E-state index >= 15 is 0 Å². The summed E-state index contributed by atoms with van der Waals surface area (Å²) in [7, 11) is 0. The lowest BCUT2D eigenvalue weighted by molar-refractivity contribution is -0.114. The Kier molecular flexibility index (Phi) is 5.13. The summed E-state index contributed by atoms with van der Waals surface area (Å²) in [6.45, 7) is 4.64. The second-order valence-electron chi connectivity index (χ2n) is 6.90. The summed E-state index contributed by atoms with van der Waals surface area (Å²) in [4.78, 5) is 26.8. The van der Waals surface area contributed by atoms with Crippen LogP contribution in [0.25, 0.3) is 0 Å². The van der Waals surface area contributed by atoms with E-state index in [9.17, 15) is 9.59 Å². The molecule has 0 radical (unpaired) electrons. The Labute approximate surface area is 161 Å². The molecule has 0 spiro atoms. The molecule has 0 saturated carbocycles. The molecule has 1 aromatic carbocycles. The second kappa shape index (κ2) is 7.69. The molecule has 3 aliphatic heterocycles. The fourth-order valence-corrected chi connectivity index (χ4v) is 4.28. The van der Waals surface area contributed by atoms with E-state index in [1.54, 1.807) is 12.1 Å². The van der Waals surface area contributed by atoms with Crippen LogP contribution in [0.1, 0.15) is 30.1 Å². The number of rotatable bonds is 5. The zero-order valence-electron chi connectivity index (χ0n) is 15.0. The number of anilines is 1. The molecule has 1 atom stereocenters. The fourth-order valence-electron chi connectivity index (χ4n) is 3.61. The lowest BCUT2D eigenvalue weighted by Gasteiger charge is -2.44. The highest BCUT2D eigenvalue weighted by Gasteiger charge is 2.34. The summed E-state index contributed by atoms with van der Waals surface area (Å²) in [5.74, 6) is 0.300. The molecule has 1 aromatic heterocycles. The van der Waals surface area contributed by atoms with E-state index in [2.05, 4.69) is 25.7 Å². The van der Waals surface area contributed by atoms with Gasteiger partial charge in [0, 0.05) is 30.0 Å². The van der Waals surface area contributed by atoms with Gasteiger partial charge in [-0.25, -0.2) is 0 Å². The number of piperidine rings is 3. The van der Waals surface area contributed by atoms with Crippen molar-refractivity contribution >= 4 is 29.6 Å². The van der Waals surface area contributed by atoms with Gasteiger partial charge in [-0.05, 0) is 67.9 Å². The van der Waals surface area contributed by atoms with Gasteiger partial charge in [-0.2, -0.15) is 0 Å². The number of benzene rings is 1. The first-order chi connectivity index (χ1) is 13.1. The molecule has 3 fully saturated rings. The van der Waals surface area contributed by atoms with Crippen molar-refractivity contribution in [2.24, 2.45) is 5.92 Å². The SMILES string of the molecule is CC(=O)Nc1nnc(Sc2ccc(C(=O)N[C@H]3CN4CCC3CC4)cc2)o1. The van der Waals surface area contributed by atoms with Gasteiger partial charge in [0.2, 0.25) is 5.91 Å². The normalized spacial score (nSPS) is 23.8. The largest absolute Gasteiger partial charge is 0.397 e. The Hall–Kier alpha value is -2.39. The molecule has 2 bridgehead atoms. The maximum Gasteiger partial charge on any atom is 0.322 e. The van der Waals surface area contributed by atoms with Gasteiger partial charge >= 0.3 is 6.01 Å². The minimum atomic E-state index is -0.270. The zero-order valence-corrected chi connectivity index (χ0v) is 15.8. The van der Waals surface area contributed by atoms with Crippen LogP contribution in [-0.4, -0.2) is 52.6 Å². The van der Waals surface area contributed by atoms with Crippen molar-refractivity contribution in [3.8, 4) is 0 Å². The third kappa shape index (κ3) is 4.30. The molecular formula is C18H21N5O3S. The number of hydrogen-bond acceptors (Lipinski definition) is 7. The molecule has 9 heteroatoms. The summed E-state index contributed by atoms with van der Waals surface area (Å²) in [5.41, 5.74) is 0.639. The lowest BCUT2D eigenvalue weighted by atomic mass is 9.84. The van der Waals surface area contributed by atoms with Crippen molar-refractivity contribution in [2.75, 3.05) is 25.0 Å². The Morgan fingerprint density at radius 1 is 1.19 bits per heavy atom. The molecule has 0 aliphatic carbocycles. The first kappa shape index (κ1) is 18.0. The predicted molar refractivity (Wildman–Crippen MR) is 99.6 cm³/mol. The highest BCUT2D eigenvalue weighted by molar-refractivity contribution is 7.99. The van der Waals surface area contributed by atoms with Crippen molar-refractivity contribution in [1.29, 1.82) is 0 Å². The van der Waals surface area contributed by atoms with Crippen LogP contribution in [0.5, 0.6) is 0 Å². The Morgan fingerprint density at radius 3 is 2.56 bits per heavy atom. The molecular weight excluding hydrogens is 366 g/mol. The number of nitrogens with one attached hydrogen (secondary N) is 2. The number of nitrogens with zero attached hydrogens (tertiary/aromatic N) is 3. The molecule has 2 N–H and O–H groups in total. The Balaban J connectivity index is 1.35. The van der Waals surface area contributed by atoms with Gasteiger partial charge in [0.1, 0.15) is 0 Å². The number of hydrogen-bond donors (Lipinski definition) is 2. The van der Waals surface area contributed by atoms with Gasteiger partial charge in [-0.3, -0.25) is 14.9 Å². The van der Waals surface area contributed by atoms with Gasteiger partial charge in [0.05, 0.1) is 0 Å². The lowest BCUT2D eigenvalue weighted by Crippen LogP contribution is -2.57. The van der Waals surface area contributed by atoms with Crippen molar-refractivity contribution in [3.63, 3.8) is 0 Å². The summed E-state index contributed by atoms with van der Waals surface area (Å²) >= 11 is 1.27. The topological polar surface area (TPSA) is 100 Å². The smallest absolute Gasteiger partial charge is 0.322 e. The van der Waals surface area contributed by atoms with Crippen molar-refractivity contribution in [1.82, 2.24) is 20.4 Å². The van der Waals surface area contributed by atoms with E-state index in [0.29, 0.717) is 16.7 Å². The van der Waals surface area contributed by atoms with Gasteiger partial charge in [-0.15, -0.1) is 0 Å². The molecule has 5 rings (SSSR count). The molecule has 3 saturated heterocycles. The maximum atomic E-state index is 12.5. The summed E-state index contributed by atoms with van der Waals surface area (Å²) in [6, 6.07) is 7.60. The first-order valence-corrected chi connectivity index (χ1v) is 9.81. The summed E-state index contributed by atoms with van der Waals surface area (Å²) < 4.78 is 5.33. The molecule has 2 aromatic rings. The zero-order chi connectivity index (χ0) is 18.8. The number of fused-ring (bicyclic) bond motifs is 3. The summed E-state index contributed by atoms with van der Waals surface area (Å²) in [5, 5.41) is 13.6. The molecule has 8 nitrogen and oxygen atoms in total. The van der Waals surface area contributed by atoms with E-state index in [0.717, 1.165) is 24.5 Å². The van der Waals surface area contributed by atoms with Crippen LogP contribution < -0.4 is 10.6 Å². The number of amides is 2. The standard InChI is InChI=1S/C18H21N5O3S/c1-11(24)19-17-21-22-18(26-17)27-14-4-2-13(3-5-14)16(25)20-15-10-23-8-6-12(15)7-9-23/h2-5,12,15H,6-10H2,1H3,(H,20,25)(H,19,21,24)/t15-/m0/s1. The second-order valence-corrected chi connectivity index (χ2v) is 7.92. The number of carbonyl (C=O) groups is 2. The van der Waals surface area contributed by atoms with Gasteiger partial charge < -0.3 is 14.6 Å². The molecule has 142 valence electrons. The Bertz CT molecular complexity index is 830. The van der Waals surface area contributed by atoms with Crippen LogP contribution in [-0.2, 0) is 4.79 Å². The maximum absolute atomic E-state index is 12.5. The average molecular weight is 387 g/mol. The van der Waals surface area contributed by atoms with Crippen molar-refractivity contribution in [2.45, 2.75) is 35.9 Å². The van der Waals surface area contributed by atoms with Gasteiger partial charge in [0.25, 0.3) is 11.1 Å². The first-order valence-electron chi connectivity index (χ1n) is 8.99.